The Balaban J connectivity index is 2.40. The monoisotopic (exact) mass is 231 g/mol. The van der Waals surface area contributed by atoms with Crippen LogP contribution in [0.25, 0.3) is 0 Å². The highest BCUT2D eigenvalue weighted by Gasteiger charge is 2.10. The third-order valence-electron chi connectivity index (χ3n) is 2.59. The third kappa shape index (κ3) is 2.42. The summed E-state index contributed by atoms with van der Waals surface area (Å²) < 4.78 is 13.1. The maximum Gasteiger partial charge on any atom is 0.141 e. The summed E-state index contributed by atoms with van der Waals surface area (Å²) in [5.41, 5.74) is 7.28. The van der Waals surface area contributed by atoms with Crippen LogP contribution in [0.5, 0.6) is 0 Å². The van der Waals surface area contributed by atoms with Gasteiger partial charge in [-0.05, 0) is 18.2 Å². The van der Waals surface area contributed by atoms with E-state index in [0.717, 1.165) is 5.69 Å². The number of para-hydroxylation sites is 1. The van der Waals surface area contributed by atoms with Gasteiger partial charge in [0.25, 0.3) is 0 Å². The zero-order valence-corrected chi connectivity index (χ0v) is 9.60. The van der Waals surface area contributed by atoms with E-state index >= 15 is 0 Å². The molecule has 2 rings (SSSR count). The predicted molar refractivity (Wildman–Crippen MR) is 66.6 cm³/mol. The van der Waals surface area contributed by atoms with Crippen molar-refractivity contribution in [2.24, 2.45) is 5.73 Å². The number of pyridine rings is 1. The van der Waals surface area contributed by atoms with Gasteiger partial charge in [0.1, 0.15) is 11.6 Å². The molecule has 0 fully saturated rings. The van der Waals surface area contributed by atoms with Crippen LogP contribution in [-0.4, -0.2) is 12.0 Å². The normalized spacial score (nSPS) is 10.3. The molecule has 4 heteroatoms. The Hall–Kier alpha value is -1.94. The number of nitrogens with zero attached hydrogens (tertiary/aromatic N) is 2. The second-order valence-electron chi connectivity index (χ2n) is 3.73. The zero-order valence-electron chi connectivity index (χ0n) is 9.60. The number of aromatic nitrogens is 1. The Labute approximate surface area is 99.7 Å². The highest BCUT2D eigenvalue weighted by Crippen LogP contribution is 2.24. The molecule has 0 saturated heterocycles. The Morgan fingerprint density at radius 3 is 2.65 bits per heavy atom. The summed E-state index contributed by atoms with van der Waals surface area (Å²) in [6, 6.07) is 11.2. The van der Waals surface area contributed by atoms with Gasteiger partial charge in [-0.3, -0.25) is 0 Å². The summed E-state index contributed by atoms with van der Waals surface area (Å²) in [6.07, 6.45) is 1.20. The van der Waals surface area contributed by atoms with Crippen molar-refractivity contribution in [3.05, 3.63) is 54.0 Å². The van der Waals surface area contributed by atoms with Crippen molar-refractivity contribution in [1.29, 1.82) is 0 Å². The van der Waals surface area contributed by atoms with Gasteiger partial charge in [-0.1, -0.05) is 18.2 Å². The van der Waals surface area contributed by atoms with Crippen molar-refractivity contribution in [3.63, 3.8) is 0 Å². The van der Waals surface area contributed by atoms with E-state index in [1.54, 1.807) is 0 Å². The van der Waals surface area contributed by atoms with E-state index in [1.807, 2.05) is 42.3 Å². The molecule has 0 aliphatic carbocycles. The number of benzene rings is 1. The number of rotatable bonds is 3. The lowest BCUT2D eigenvalue weighted by molar-refractivity contribution is 0.618. The molecule has 1 aromatic carbocycles. The van der Waals surface area contributed by atoms with Crippen molar-refractivity contribution in [3.8, 4) is 0 Å². The fourth-order valence-corrected chi connectivity index (χ4v) is 1.70. The molecule has 1 heterocycles. The number of anilines is 2. The number of hydrogen-bond donors (Lipinski definition) is 1. The minimum Gasteiger partial charge on any atom is -0.329 e. The lowest BCUT2D eigenvalue weighted by Gasteiger charge is -2.20. The van der Waals surface area contributed by atoms with Gasteiger partial charge in [-0.25, -0.2) is 9.37 Å². The summed E-state index contributed by atoms with van der Waals surface area (Å²) in [5.74, 6) is 0.316. The van der Waals surface area contributed by atoms with Crippen LogP contribution in [0.1, 0.15) is 5.56 Å². The number of nitrogens with two attached hydrogens (primary N) is 1. The first-order chi connectivity index (χ1) is 8.22. The van der Waals surface area contributed by atoms with Crippen molar-refractivity contribution < 1.29 is 4.39 Å². The minimum absolute atomic E-state index is 0.261. The molecule has 0 bridgehead atoms. The second kappa shape index (κ2) is 4.93. The SMILES string of the molecule is CN(c1ccccc1)c1ncc(F)cc1CN. The lowest BCUT2D eigenvalue weighted by atomic mass is 10.2. The fourth-order valence-electron chi connectivity index (χ4n) is 1.70. The van der Waals surface area contributed by atoms with Crippen LogP contribution in [-0.2, 0) is 6.54 Å². The molecule has 0 aliphatic rings. The van der Waals surface area contributed by atoms with Crippen LogP contribution in [0.4, 0.5) is 15.9 Å². The van der Waals surface area contributed by atoms with Gasteiger partial charge in [0.05, 0.1) is 6.20 Å². The smallest absolute Gasteiger partial charge is 0.141 e. The van der Waals surface area contributed by atoms with Gasteiger partial charge >= 0.3 is 0 Å². The largest absolute Gasteiger partial charge is 0.329 e. The molecule has 3 nitrogen and oxygen atoms in total. The van der Waals surface area contributed by atoms with Crippen LogP contribution in [0, 0.1) is 5.82 Å². The molecule has 0 aliphatic heterocycles. The molecule has 0 amide bonds. The first-order valence-corrected chi connectivity index (χ1v) is 5.35. The summed E-state index contributed by atoms with van der Waals surface area (Å²) in [7, 11) is 1.88. The molecule has 1 aromatic heterocycles. The van der Waals surface area contributed by atoms with Crippen LogP contribution in [0.3, 0.4) is 0 Å². The van der Waals surface area contributed by atoms with E-state index in [1.165, 1.54) is 12.3 Å². The first kappa shape index (κ1) is 11.5. The molecular formula is C13H14FN3. The van der Waals surface area contributed by atoms with E-state index < -0.39 is 0 Å². The molecule has 0 atom stereocenters. The summed E-state index contributed by atoms with van der Waals surface area (Å²) in [4.78, 5) is 5.99. The molecule has 17 heavy (non-hydrogen) atoms. The first-order valence-electron chi connectivity index (χ1n) is 5.35. The molecule has 0 radical (unpaired) electrons. The summed E-state index contributed by atoms with van der Waals surface area (Å²) in [6.45, 7) is 0.261. The average Bonchev–Trinajstić information content (AvgIpc) is 2.39. The number of hydrogen-bond acceptors (Lipinski definition) is 3. The minimum atomic E-state index is -0.365. The molecular weight excluding hydrogens is 217 g/mol. The van der Waals surface area contributed by atoms with E-state index in [9.17, 15) is 4.39 Å². The predicted octanol–water partition coefficient (Wildman–Crippen LogP) is 2.45. The lowest BCUT2D eigenvalue weighted by Crippen LogP contribution is -2.15. The molecule has 0 unspecified atom stereocenters. The average molecular weight is 231 g/mol. The zero-order chi connectivity index (χ0) is 12.3. The third-order valence-corrected chi connectivity index (χ3v) is 2.59. The van der Waals surface area contributed by atoms with Crippen molar-refractivity contribution in [2.45, 2.75) is 6.54 Å². The van der Waals surface area contributed by atoms with Crippen molar-refractivity contribution in [1.82, 2.24) is 4.98 Å². The molecule has 0 spiro atoms. The Kier molecular flexibility index (Phi) is 3.35. The van der Waals surface area contributed by atoms with Crippen molar-refractivity contribution in [2.75, 3.05) is 11.9 Å². The van der Waals surface area contributed by atoms with Gasteiger partial charge in [-0.2, -0.15) is 0 Å². The standard InChI is InChI=1S/C13H14FN3/c1-17(12-5-3-2-4-6-12)13-10(8-15)7-11(14)9-16-13/h2-7,9H,8,15H2,1H3. The van der Waals surface area contributed by atoms with E-state index in [4.69, 9.17) is 5.73 Å². The van der Waals surface area contributed by atoms with Gasteiger partial charge in [-0.15, -0.1) is 0 Å². The highest BCUT2D eigenvalue weighted by molar-refractivity contribution is 5.61. The highest BCUT2D eigenvalue weighted by atomic mass is 19.1. The molecule has 2 N–H and O–H groups in total. The summed E-state index contributed by atoms with van der Waals surface area (Å²) >= 11 is 0. The van der Waals surface area contributed by atoms with E-state index in [-0.39, 0.29) is 12.4 Å². The molecule has 88 valence electrons. The molecule has 0 saturated carbocycles. The maximum atomic E-state index is 13.1. The van der Waals surface area contributed by atoms with E-state index in [2.05, 4.69) is 4.98 Å². The molecule has 2 aromatic rings. The van der Waals surface area contributed by atoms with Gasteiger partial charge in [0, 0.05) is 24.8 Å². The Bertz CT molecular complexity index is 499. The van der Waals surface area contributed by atoms with Crippen LogP contribution in [0.2, 0.25) is 0 Å². The Morgan fingerprint density at radius 2 is 2.00 bits per heavy atom. The Morgan fingerprint density at radius 1 is 1.29 bits per heavy atom. The quantitative estimate of drug-likeness (QED) is 0.882. The van der Waals surface area contributed by atoms with Gasteiger partial charge in [0.2, 0.25) is 0 Å². The number of halogens is 1. The van der Waals surface area contributed by atoms with E-state index in [0.29, 0.717) is 11.4 Å². The topological polar surface area (TPSA) is 42.2 Å². The van der Waals surface area contributed by atoms with Crippen LogP contribution in [0.15, 0.2) is 42.6 Å². The summed E-state index contributed by atoms with van der Waals surface area (Å²) in [5, 5.41) is 0. The van der Waals surface area contributed by atoms with Gasteiger partial charge in [0.15, 0.2) is 0 Å². The van der Waals surface area contributed by atoms with Crippen LogP contribution >= 0.6 is 0 Å². The van der Waals surface area contributed by atoms with Crippen molar-refractivity contribution >= 4 is 11.5 Å². The van der Waals surface area contributed by atoms with Gasteiger partial charge < -0.3 is 10.6 Å². The maximum absolute atomic E-state index is 13.1. The second-order valence-corrected chi connectivity index (χ2v) is 3.73. The fraction of sp³-hybridized carbons (Fsp3) is 0.154. The van der Waals surface area contributed by atoms with Crippen LogP contribution < -0.4 is 10.6 Å².